The Morgan fingerprint density at radius 3 is 2.47 bits per heavy atom. The zero-order valence-electron chi connectivity index (χ0n) is 20.5. The van der Waals surface area contributed by atoms with Gasteiger partial charge in [0, 0.05) is 35.0 Å². The molecule has 1 aliphatic rings. The fourth-order valence-corrected chi connectivity index (χ4v) is 5.59. The van der Waals surface area contributed by atoms with Crippen molar-refractivity contribution >= 4 is 34.6 Å². The number of nitrogens with zero attached hydrogens (tertiary/aromatic N) is 3. The average molecular weight is 519 g/mol. The molecule has 1 saturated heterocycles. The molecule has 2 aromatic heterocycles. The van der Waals surface area contributed by atoms with Crippen LogP contribution in [0.2, 0.25) is 5.02 Å². The number of anilines is 1. The van der Waals surface area contributed by atoms with Crippen LogP contribution in [0.3, 0.4) is 0 Å². The summed E-state index contributed by atoms with van der Waals surface area (Å²) < 4.78 is 13.1. The molecule has 0 radical (unpaired) electrons. The second-order valence-electron chi connectivity index (χ2n) is 8.68. The first-order chi connectivity index (χ1) is 17.4. The van der Waals surface area contributed by atoms with Crippen molar-refractivity contribution in [1.29, 1.82) is 0 Å². The lowest BCUT2D eigenvalue weighted by Gasteiger charge is -2.28. The summed E-state index contributed by atoms with van der Waals surface area (Å²) in [5.41, 5.74) is 6.21. The minimum atomic E-state index is -0.154. The van der Waals surface area contributed by atoms with Gasteiger partial charge < -0.3 is 24.3 Å². The van der Waals surface area contributed by atoms with Gasteiger partial charge in [-0.1, -0.05) is 23.7 Å². The maximum Gasteiger partial charge on any atom is 0.174 e. The summed E-state index contributed by atoms with van der Waals surface area (Å²) in [6, 6.07) is 21.7. The number of aryl methyl sites for hydroxylation is 1. The van der Waals surface area contributed by atoms with Gasteiger partial charge in [-0.15, -0.1) is 0 Å². The van der Waals surface area contributed by atoms with E-state index >= 15 is 0 Å². The van der Waals surface area contributed by atoms with Crippen molar-refractivity contribution < 1.29 is 9.47 Å². The van der Waals surface area contributed by atoms with Crippen molar-refractivity contribution in [1.82, 2.24) is 14.9 Å². The number of methoxy groups -OCH3 is 2. The maximum atomic E-state index is 6.53. The standard InChI is InChI=1S/C28H27ClN4O2S/c1-17-14-22(18(2)32(17)19-8-7-9-21(15-19)34-3)27-26(24-10-5-6-13-30-24)31-28(36)33(27)20-11-12-25(35-4)23(29)16-20/h5-16,26-27H,1-4H3,(H,31,36)/t26-,27-/m1/s1. The van der Waals surface area contributed by atoms with Crippen molar-refractivity contribution in [3.63, 3.8) is 0 Å². The van der Waals surface area contributed by atoms with E-state index in [1.807, 2.05) is 60.8 Å². The molecular formula is C28H27ClN4O2S. The quantitative estimate of drug-likeness (QED) is 0.301. The van der Waals surface area contributed by atoms with E-state index < -0.39 is 0 Å². The zero-order chi connectivity index (χ0) is 25.4. The third kappa shape index (κ3) is 4.18. The summed E-state index contributed by atoms with van der Waals surface area (Å²) in [6.45, 7) is 4.25. The summed E-state index contributed by atoms with van der Waals surface area (Å²) in [5.74, 6) is 1.43. The molecule has 4 aromatic rings. The lowest BCUT2D eigenvalue weighted by Crippen LogP contribution is -2.29. The molecule has 2 atom stereocenters. The fourth-order valence-electron chi connectivity index (χ4n) is 4.99. The Morgan fingerprint density at radius 1 is 0.944 bits per heavy atom. The van der Waals surface area contributed by atoms with Gasteiger partial charge in [-0.2, -0.15) is 0 Å². The van der Waals surface area contributed by atoms with Crippen LogP contribution in [0.25, 0.3) is 5.69 Å². The van der Waals surface area contributed by atoms with Gasteiger partial charge in [-0.25, -0.2) is 0 Å². The zero-order valence-corrected chi connectivity index (χ0v) is 22.1. The first-order valence-electron chi connectivity index (χ1n) is 11.6. The molecule has 6 nitrogen and oxygen atoms in total. The number of hydrogen-bond acceptors (Lipinski definition) is 4. The van der Waals surface area contributed by atoms with E-state index in [-0.39, 0.29) is 12.1 Å². The summed E-state index contributed by atoms with van der Waals surface area (Å²) in [7, 11) is 3.29. The smallest absolute Gasteiger partial charge is 0.174 e. The van der Waals surface area contributed by atoms with Crippen LogP contribution in [0.15, 0.2) is 72.9 Å². The number of aromatic nitrogens is 2. The molecule has 36 heavy (non-hydrogen) atoms. The fraction of sp³-hybridized carbons (Fsp3) is 0.214. The molecular weight excluding hydrogens is 492 g/mol. The van der Waals surface area contributed by atoms with Gasteiger partial charge in [0.25, 0.3) is 0 Å². The summed E-state index contributed by atoms with van der Waals surface area (Å²) in [5, 5.41) is 4.66. The van der Waals surface area contributed by atoms with Crippen molar-refractivity contribution in [3.8, 4) is 17.2 Å². The predicted octanol–water partition coefficient (Wildman–Crippen LogP) is 6.34. The molecule has 0 bridgehead atoms. The van der Waals surface area contributed by atoms with E-state index in [0.717, 1.165) is 39.8 Å². The van der Waals surface area contributed by atoms with E-state index in [1.54, 1.807) is 14.2 Å². The van der Waals surface area contributed by atoms with Crippen molar-refractivity contribution in [2.24, 2.45) is 0 Å². The molecule has 1 fully saturated rings. The van der Waals surface area contributed by atoms with E-state index in [9.17, 15) is 0 Å². The number of hydrogen-bond donors (Lipinski definition) is 1. The molecule has 0 aliphatic carbocycles. The number of rotatable bonds is 6. The van der Waals surface area contributed by atoms with E-state index in [0.29, 0.717) is 15.9 Å². The number of ether oxygens (including phenoxy) is 2. The summed E-state index contributed by atoms with van der Waals surface area (Å²) in [4.78, 5) is 6.79. The second kappa shape index (κ2) is 9.84. The van der Waals surface area contributed by atoms with Crippen LogP contribution in [0.1, 0.15) is 34.7 Å². The highest BCUT2D eigenvalue weighted by atomic mass is 35.5. The highest BCUT2D eigenvalue weighted by molar-refractivity contribution is 7.80. The van der Waals surface area contributed by atoms with Gasteiger partial charge in [-0.05, 0) is 80.2 Å². The Bertz CT molecular complexity index is 1420. The number of pyridine rings is 1. The van der Waals surface area contributed by atoms with Crippen LogP contribution in [0.5, 0.6) is 11.5 Å². The number of nitrogens with one attached hydrogen (secondary N) is 1. The third-order valence-electron chi connectivity index (χ3n) is 6.61. The minimum Gasteiger partial charge on any atom is -0.497 e. The molecule has 1 aliphatic heterocycles. The Labute approximate surface area is 221 Å². The Balaban J connectivity index is 1.67. The molecule has 1 N–H and O–H groups in total. The predicted molar refractivity (Wildman–Crippen MR) is 148 cm³/mol. The van der Waals surface area contributed by atoms with Gasteiger partial charge in [0.2, 0.25) is 0 Å². The molecule has 184 valence electrons. The molecule has 8 heteroatoms. The van der Waals surface area contributed by atoms with Crippen LogP contribution >= 0.6 is 23.8 Å². The summed E-state index contributed by atoms with van der Waals surface area (Å²) >= 11 is 12.4. The van der Waals surface area contributed by atoms with Crippen molar-refractivity contribution in [2.45, 2.75) is 25.9 Å². The maximum absolute atomic E-state index is 6.53. The second-order valence-corrected chi connectivity index (χ2v) is 9.47. The van der Waals surface area contributed by atoms with Crippen molar-refractivity contribution in [2.75, 3.05) is 19.1 Å². The van der Waals surface area contributed by atoms with Gasteiger partial charge in [0.15, 0.2) is 5.11 Å². The molecule has 0 saturated carbocycles. The Hall–Kier alpha value is -3.55. The molecule has 0 unspecified atom stereocenters. The number of thiocarbonyl (C=S) groups is 1. The van der Waals surface area contributed by atoms with Gasteiger partial charge in [0.05, 0.1) is 37.0 Å². The van der Waals surface area contributed by atoms with Gasteiger partial charge >= 0.3 is 0 Å². The lowest BCUT2D eigenvalue weighted by molar-refractivity contribution is 0.414. The largest absolute Gasteiger partial charge is 0.497 e. The minimum absolute atomic E-state index is 0.151. The van der Waals surface area contributed by atoms with Crippen molar-refractivity contribution in [3.05, 3.63) is 101 Å². The molecule has 2 aromatic carbocycles. The normalized spacial score (nSPS) is 17.2. The monoisotopic (exact) mass is 518 g/mol. The lowest BCUT2D eigenvalue weighted by atomic mass is 9.96. The number of benzene rings is 2. The molecule has 0 spiro atoms. The van der Waals surface area contributed by atoms with E-state index in [1.165, 1.54) is 0 Å². The Kier molecular flexibility index (Phi) is 6.60. The highest BCUT2D eigenvalue weighted by Crippen LogP contribution is 2.45. The topological polar surface area (TPSA) is 51.5 Å². The molecule has 0 amide bonds. The average Bonchev–Trinajstić information content (AvgIpc) is 3.39. The molecule has 3 heterocycles. The van der Waals surface area contributed by atoms with Crippen LogP contribution in [-0.4, -0.2) is 28.9 Å². The van der Waals surface area contributed by atoms with Crippen LogP contribution in [-0.2, 0) is 0 Å². The third-order valence-corrected chi connectivity index (χ3v) is 7.22. The van der Waals surface area contributed by atoms with E-state index in [4.69, 9.17) is 33.3 Å². The van der Waals surface area contributed by atoms with Gasteiger partial charge in [0.1, 0.15) is 11.5 Å². The Morgan fingerprint density at radius 2 is 1.78 bits per heavy atom. The first kappa shape index (κ1) is 24.2. The van der Waals surface area contributed by atoms with Crippen LogP contribution in [0, 0.1) is 13.8 Å². The summed E-state index contributed by atoms with van der Waals surface area (Å²) in [6.07, 6.45) is 1.81. The SMILES string of the molecule is COc1cccc(-n2c(C)cc([C@@H]3[C@@H](c4ccccn4)NC(=S)N3c3ccc(OC)c(Cl)c3)c2C)c1. The van der Waals surface area contributed by atoms with Crippen LogP contribution in [0.4, 0.5) is 5.69 Å². The van der Waals surface area contributed by atoms with E-state index in [2.05, 4.69) is 45.7 Å². The van der Waals surface area contributed by atoms with Crippen LogP contribution < -0.4 is 19.7 Å². The number of halogens is 1. The first-order valence-corrected chi connectivity index (χ1v) is 12.4. The molecule has 5 rings (SSSR count). The highest BCUT2D eigenvalue weighted by Gasteiger charge is 2.42. The van der Waals surface area contributed by atoms with Gasteiger partial charge in [-0.3, -0.25) is 4.98 Å².